The van der Waals surface area contributed by atoms with Gasteiger partial charge in [-0.2, -0.15) is 0 Å². The molecule has 2 N–H and O–H groups in total. The largest absolute Gasteiger partial charge is 0.324 e. The molecule has 0 aliphatic carbocycles. The maximum absolute atomic E-state index is 12.2. The van der Waals surface area contributed by atoms with Gasteiger partial charge >= 0.3 is 6.03 Å². The number of carbonyl (C=O) groups excluding carboxylic acids is 1. The van der Waals surface area contributed by atoms with Crippen LogP contribution in [0.1, 0.15) is 12.8 Å². The summed E-state index contributed by atoms with van der Waals surface area (Å²) in [5.41, 5.74) is 0. The Morgan fingerprint density at radius 1 is 1.26 bits per heavy atom. The molecule has 0 radical (unpaired) electrons. The highest BCUT2D eigenvalue weighted by Gasteiger charge is 2.27. The van der Waals surface area contributed by atoms with Gasteiger partial charge in [0.2, 0.25) is 10.0 Å². The first-order valence-corrected chi connectivity index (χ1v) is 10.3. The van der Waals surface area contributed by atoms with E-state index < -0.39 is 10.0 Å². The SMILES string of the molecule is O=C(Nc1nccs1)N1CCC(NS(=O)(=O)c2cccs2)CC1. The van der Waals surface area contributed by atoms with E-state index in [1.165, 1.54) is 22.7 Å². The van der Waals surface area contributed by atoms with Crippen molar-refractivity contribution in [3.05, 3.63) is 29.1 Å². The molecule has 2 aromatic rings. The van der Waals surface area contributed by atoms with Gasteiger partial charge in [-0.05, 0) is 24.3 Å². The molecular weight excluding hydrogens is 356 g/mol. The minimum Gasteiger partial charge on any atom is -0.324 e. The summed E-state index contributed by atoms with van der Waals surface area (Å²) in [4.78, 5) is 17.8. The molecule has 2 amide bonds. The lowest BCUT2D eigenvalue weighted by molar-refractivity contribution is 0.193. The summed E-state index contributed by atoms with van der Waals surface area (Å²) in [5, 5.41) is 6.83. The van der Waals surface area contributed by atoms with Crippen molar-refractivity contribution in [2.24, 2.45) is 0 Å². The highest BCUT2D eigenvalue weighted by atomic mass is 32.2. The molecule has 0 bridgehead atoms. The third-order valence-corrected chi connectivity index (χ3v) is 7.12. The van der Waals surface area contributed by atoms with Crippen LogP contribution in [-0.4, -0.2) is 43.5 Å². The summed E-state index contributed by atoms with van der Waals surface area (Å²) < 4.78 is 27.4. The van der Waals surface area contributed by atoms with Gasteiger partial charge in [0.25, 0.3) is 0 Å². The highest BCUT2D eigenvalue weighted by molar-refractivity contribution is 7.91. The molecule has 1 aliphatic heterocycles. The van der Waals surface area contributed by atoms with Gasteiger partial charge in [0, 0.05) is 30.7 Å². The van der Waals surface area contributed by atoms with E-state index in [0.717, 1.165) is 0 Å². The first-order valence-electron chi connectivity index (χ1n) is 7.06. The van der Waals surface area contributed by atoms with E-state index in [9.17, 15) is 13.2 Å². The van der Waals surface area contributed by atoms with Crippen LogP contribution in [0, 0.1) is 0 Å². The average molecular weight is 372 g/mol. The van der Waals surface area contributed by atoms with Crippen molar-refractivity contribution < 1.29 is 13.2 Å². The van der Waals surface area contributed by atoms with Crippen molar-refractivity contribution in [3.63, 3.8) is 0 Å². The Morgan fingerprint density at radius 2 is 2.04 bits per heavy atom. The van der Waals surface area contributed by atoms with E-state index >= 15 is 0 Å². The number of hydrogen-bond donors (Lipinski definition) is 2. The van der Waals surface area contributed by atoms with Crippen LogP contribution in [0.4, 0.5) is 9.93 Å². The monoisotopic (exact) mass is 372 g/mol. The van der Waals surface area contributed by atoms with Gasteiger partial charge in [-0.25, -0.2) is 22.9 Å². The molecule has 1 saturated heterocycles. The Kier molecular flexibility index (Phi) is 4.95. The molecule has 3 heterocycles. The fourth-order valence-corrected chi connectivity index (χ4v) is 5.18. The Hall–Kier alpha value is -1.49. The Morgan fingerprint density at radius 3 is 2.65 bits per heavy atom. The zero-order valence-corrected chi connectivity index (χ0v) is 14.6. The number of piperidine rings is 1. The second kappa shape index (κ2) is 6.95. The Balaban J connectivity index is 1.51. The number of rotatable bonds is 4. The predicted octanol–water partition coefficient (Wildman–Crippen LogP) is 2.18. The number of urea groups is 1. The molecule has 0 aromatic carbocycles. The van der Waals surface area contributed by atoms with Crippen molar-refractivity contribution in [3.8, 4) is 0 Å². The van der Waals surface area contributed by atoms with Crippen LogP contribution >= 0.6 is 22.7 Å². The van der Waals surface area contributed by atoms with E-state index in [1.807, 2.05) is 0 Å². The van der Waals surface area contributed by atoms with Crippen LogP contribution < -0.4 is 10.0 Å². The third-order valence-electron chi connectivity index (χ3n) is 3.51. The van der Waals surface area contributed by atoms with Crippen molar-refractivity contribution in [1.29, 1.82) is 0 Å². The molecule has 3 rings (SSSR count). The molecule has 124 valence electrons. The smallest absolute Gasteiger partial charge is 0.323 e. The van der Waals surface area contributed by atoms with Crippen molar-refractivity contribution in [1.82, 2.24) is 14.6 Å². The van der Waals surface area contributed by atoms with Crippen molar-refractivity contribution >= 4 is 43.9 Å². The zero-order valence-electron chi connectivity index (χ0n) is 12.1. The van der Waals surface area contributed by atoms with Crippen LogP contribution in [0.3, 0.4) is 0 Å². The number of nitrogens with one attached hydrogen (secondary N) is 2. The van der Waals surface area contributed by atoms with Gasteiger partial charge in [-0.1, -0.05) is 6.07 Å². The molecule has 23 heavy (non-hydrogen) atoms. The number of carbonyl (C=O) groups is 1. The second-order valence-corrected chi connectivity index (χ2v) is 8.87. The molecular formula is C13H16N4O3S3. The topological polar surface area (TPSA) is 91.4 Å². The number of likely N-dealkylation sites (tertiary alicyclic amines) is 1. The van der Waals surface area contributed by atoms with Gasteiger partial charge in [0.15, 0.2) is 5.13 Å². The summed E-state index contributed by atoms with van der Waals surface area (Å²) >= 11 is 2.56. The zero-order chi connectivity index (χ0) is 16.3. The molecule has 7 nitrogen and oxygen atoms in total. The summed E-state index contributed by atoms with van der Waals surface area (Å²) in [7, 11) is -3.45. The van der Waals surface area contributed by atoms with E-state index in [0.29, 0.717) is 35.3 Å². The molecule has 0 unspecified atom stereocenters. The van der Waals surface area contributed by atoms with E-state index in [1.54, 1.807) is 34.0 Å². The van der Waals surface area contributed by atoms with Crippen molar-refractivity contribution in [2.45, 2.75) is 23.1 Å². The van der Waals surface area contributed by atoms with E-state index in [4.69, 9.17) is 0 Å². The standard InChI is InChI=1S/C13H16N4O3S3/c18-13(15-12-14-5-9-22-12)17-6-3-10(4-7-17)16-23(19,20)11-2-1-8-21-11/h1-2,5,8-10,16H,3-4,6-7H2,(H,14,15,18). The lowest BCUT2D eigenvalue weighted by Crippen LogP contribution is -2.47. The lowest BCUT2D eigenvalue weighted by Gasteiger charge is -2.31. The summed E-state index contributed by atoms with van der Waals surface area (Å²) in [5.74, 6) is 0. The predicted molar refractivity (Wildman–Crippen MR) is 90.4 cm³/mol. The molecule has 2 aromatic heterocycles. The normalized spacial score (nSPS) is 16.4. The summed E-state index contributed by atoms with van der Waals surface area (Å²) in [6, 6.07) is 2.96. The number of aromatic nitrogens is 1. The summed E-state index contributed by atoms with van der Waals surface area (Å²) in [6.07, 6.45) is 2.82. The number of hydrogen-bond acceptors (Lipinski definition) is 6. The van der Waals surface area contributed by atoms with Crippen LogP contribution in [0.2, 0.25) is 0 Å². The quantitative estimate of drug-likeness (QED) is 0.860. The number of nitrogens with zero attached hydrogens (tertiary/aromatic N) is 2. The van der Waals surface area contributed by atoms with Gasteiger partial charge in [-0.3, -0.25) is 5.32 Å². The lowest BCUT2D eigenvalue weighted by atomic mass is 10.1. The molecule has 1 fully saturated rings. The fourth-order valence-electron chi connectivity index (χ4n) is 2.35. The Labute approximate surface area is 142 Å². The number of sulfonamides is 1. The maximum Gasteiger partial charge on any atom is 0.323 e. The molecule has 0 saturated carbocycles. The molecule has 0 spiro atoms. The minimum atomic E-state index is -3.45. The number of thiophene rings is 1. The van der Waals surface area contributed by atoms with Gasteiger partial charge in [0.05, 0.1) is 0 Å². The number of amides is 2. The first-order chi connectivity index (χ1) is 11.0. The van der Waals surface area contributed by atoms with E-state index in [-0.39, 0.29) is 12.1 Å². The second-order valence-electron chi connectivity index (χ2n) is 5.08. The average Bonchev–Trinajstić information content (AvgIpc) is 3.21. The Bertz CT molecular complexity index is 736. The molecule has 1 aliphatic rings. The number of anilines is 1. The van der Waals surface area contributed by atoms with Crippen LogP contribution in [-0.2, 0) is 10.0 Å². The van der Waals surface area contributed by atoms with Gasteiger partial charge < -0.3 is 4.90 Å². The van der Waals surface area contributed by atoms with E-state index in [2.05, 4.69) is 15.0 Å². The van der Waals surface area contributed by atoms with Crippen molar-refractivity contribution in [2.75, 3.05) is 18.4 Å². The van der Waals surface area contributed by atoms with Crippen LogP contribution in [0.5, 0.6) is 0 Å². The number of thiazole rings is 1. The van der Waals surface area contributed by atoms with Crippen LogP contribution in [0.15, 0.2) is 33.3 Å². The maximum atomic E-state index is 12.2. The minimum absolute atomic E-state index is 0.147. The summed E-state index contributed by atoms with van der Waals surface area (Å²) in [6.45, 7) is 1.02. The fraction of sp³-hybridized carbons (Fsp3) is 0.385. The first kappa shape index (κ1) is 16.4. The van der Waals surface area contributed by atoms with Gasteiger partial charge in [0.1, 0.15) is 4.21 Å². The highest BCUT2D eigenvalue weighted by Crippen LogP contribution is 2.19. The van der Waals surface area contributed by atoms with Crippen LogP contribution in [0.25, 0.3) is 0 Å². The third kappa shape index (κ3) is 4.08. The molecule has 10 heteroatoms. The van der Waals surface area contributed by atoms with Gasteiger partial charge in [-0.15, -0.1) is 22.7 Å². The molecule has 0 atom stereocenters.